The minimum Gasteiger partial charge on any atom is -0.378 e. The highest BCUT2D eigenvalue weighted by Crippen LogP contribution is 2.14. The van der Waals surface area contributed by atoms with E-state index < -0.39 is 0 Å². The summed E-state index contributed by atoms with van der Waals surface area (Å²) in [6, 6.07) is 1.76. The average molecular weight is 278 g/mol. The van der Waals surface area contributed by atoms with Crippen LogP contribution in [0.4, 0.5) is 5.82 Å². The maximum atomic E-state index is 12.1. The Balaban J connectivity index is 2.09. The molecule has 0 unspecified atom stereocenters. The van der Waals surface area contributed by atoms with Gasteiger partial charge in [-0.05, 0) is 13.3 Å². The zero-order chi connectivity index (χ0) is 14.4. The van der Waals surface area contributed by atoms with Crippen molar-refractivity contribution < 1.29 is 9.53 Å². The number of hydrogen-bond acceptors (Lipinski definition) is 5. The number of anilines is 1. The first-order chi connectivity index (χ1) is 9.70. The van der Waals surface area contributed by atoms with Crippen LogP contribution in [0.25, 0.3) is 0 Å². The van der Waals surface area contributed by atoms with E-state index in [1.807, 2.05) is 6.92 Å². The summed E-state index contributed by atoms with van der Waals surface area (Å²) in [7, 11) is 0. The van der Waals surface area contributed by atoms with Crippen LogP contribution in [-0.4, -0.2) is 48.7 Å². The number of carbonyl (C=O) groups excluding carboxylic acids is 1. The molecule has 110 valence electrons. The number of morpholine rings is 1. The smallest absolute Gasteiger partial charge is 0.270 e. The first-order valence-corrected chi connectivity index (χ1v) is 7.17. The fraction of sp³-hybridized carbons (Fsp3) is 0.643. The lowest BCUT2D eigenvalue weighted by Crippen LogP contribution is -2.37. The lowest BCUT2D eigenvalue weighted by Gasteiger charge is -2.28. The second-order valence-corrected chi connectivity index (χ2v) is 4.87. The van der Waals surface area contributed by atoms with E-state index >= 15 is 0 Å². The molecule has 1 aliphatic heterocycles. The van der Waals surface area contributed by atoms with Gasteiger partial charge < -0.3 is 15.0 Å². The van der Waals surface area contributed by atoms with E-state index in [1.165, 1.54) is 0 Å². The summed E-state index contributed by atoms with van der Waals surface area (Å²) in [6.07, 6.45) is 2.04. The van der Waals surface area contributed by atoms with Crippen LogP contribution in [0.3, 0.4) is 0 Å². The molecule has 2 heterocycles. The zero-order valence-corrected chi connectivity index (χ0v) is 12.2. The summed E-state index contributed by atoms with van der Waals surface area (Å²) in [5.74, 6) is 1.30. The third-order valence-corrected chi connectivity index (χ3v) is 3.21. The molecule has 1 saturated heterocycles. The normalized spacial score (nSPS) is 15.2. The molecule has 1 aliphatic rings. The van der Waals surface area contributed by atoms with Gasteiger partial charge in [-0.1, -0.05) is 13.3 Å². The van der Waals surface area contributed by atoms with Crippen molar-refractivity contribution in [1.82, 2.24) is 15.3 Å². The molecular weight excluding hydrogens is 256 g/mol. The van der Waals surface area contributed by atoms with Crippen LogP contribution >= 0.6 is 0 Å². The molecule has 1 aromatic heterocycles. The molecular formula is C14H22N4O2. The fourth-order valence-electron chi connectivity index (χ4n) is 2.09. The van der Waals surface area contributed by atoms with Gasteiger partial charge in [0.25, 0.3) is 5.91 Å². The van der Waals surface area contributed by atoms with Gasteiger partial charge in [-0.2, -0.15) is 0 Å². The number of amides is 1. The van der Waals surface area contributed by atoms with Gasteiger partial charge in [0.05, 0.1) is 13.2 Å². The number of hydrogen-bond donors (Lipinski definition) is 1. The van der Waals surface area contributed by atoms with Crippen molar-refractivity contribution in [1.29, 1.82) is 0 Å². The topological polar surface area (TPSA) is 67.4 Å². The SMILES string of the molecule is CCCCNC(=O)c1cc(N2CCOCC2)nc(C)n1. The first-order valence-electron chi connectivity index (χ1n) is 7.17. The number of carbonyl (C=O) groups is 1. The van der Waals surface area contributed by atoms with E-state index in [4.69, 9.17) is 4.74 Å². The Labute approximate surface area is 119 Å². The third kappa shape index (κ3) is 3.90. The lowest BCUT2D eigenvalue weighted by atomic mass is 10.3. The van der Waals surface area contributed by atoms with Crippen molar-refractivity contribution >= 4 is 11.7 Å². The molecule has 1 fully saturated rings. The summed E-state index contributed by atoms with van der Waals surface area (Å²) in [6.45, 7) is 7.58. The van der Waals surface area contributed by atoms with E-state index in [9.17, 15) is 4.79 Å². The van der Waals surface area contributed by atoms with Crippen LogP contribution in [0.5, 0.6) is 0 Å². The fourth-order valence-corrected chi connectivity index (χ4v) is 2.09. The molecule has 0 spiro atoms. The molecule has 0 aromatic carbocycles. The molecule has 2 rings (SSSR count). The Morgan fingerprint density at radius 2 is 2.15 bits per heavy atom. The molecule has 1 N–H and O–H groups in total. The molecule has 1 amide bonds. The van der Waals surface area contributed by atoms with Gasteiger partial charge in [-0.3, -0.25) is 4.79 Å². The number of rotatable bonds is 5. The van der Waals surface area contributed by atoms with Gasteiger partial charge in [0.2, 0.25) is 0 Å². The number of aryl methyl sites for hydroxylation is 1. The maximum Gasteiger partial charge on any atom is 0.270 e. The van der Waals surface area contributed by atoms with Crippen molar-refractivity contribution in [2.75, 3.05) is 37.7 Å². The Morgan fingerprint density at radius 1 is 1.40 bits per heavy atom. The van der Waals surface area contributed by atoms with E-state index in [0.717, 1.165) is 31.7 Å². The predicted molar refractivity (Wildman–Crippen MR) is 77.0 cm³/mol. The summed E-state index contributed by atoms with van der Waals surface area (Å²) < 4.78 is 5.33. The molecule has 20 heavy (non-hydrogen) atoms. The zero-order valence-electron chi connectivity index (χ0n) is 12.2. The maximum absolute atomic E-state index is 12.1. The molecule has 0 aliphatic carbocycles. The van der Waals surface area contributed by atoms with Crippen molar-refractivity contribution in [3.05, 3.63) is 17.6 Å². The van der Waals surface area contributed by atoms with Gasteiger partial charge in [-0.15, -0.1) is 0 Å². The monoisotopic (exact) mass is 278 g/mol. The van der Waals surface area contributed by atoms with Crippen molar-refractivity contribution in [2.24, 2.45) is 0 Å². The summed E-state index contributed by atoms with van der Waals surface area (Å²) in [4.78, 5) is 22.8. The highest BCUT2D eigenvalue weighted by Gasteiger charge is 2.16. The molecule has 0 saturated carbocycles. The molecule has 1 aromatic rings. The van der Waals surface area contributed by atoms with Gasteiger partial charge in [0, 0.05) is 25.7 Å². The Kier molecular flexibility index (Phi) is 5.29. The predicted octanol–water partition coefficient (Wildman–Crippen LogP) is 1.15. The number of unbranched alkanes of at least 4 members (excludes halogenated alkanes) is 1. The van der Waals surface area contributed by atoms with Crippen molar-refractivity contribution in [3.8, 4) is 0 Å². The molecule has 0 radical (unpaired) electrons. The summed E-state index contributed by atoms with van der Waals surface area (Å²) >= 11 is 0. The molecule has 6 heteroatoms. The average Bonchev–Trinajstić information content (AvgIpc) is 2.47. The van der Waals surface area contributed by atoms with Crippen LogP contribution < -0.4 is 10.2 Å². The van der Waals surface area contributed by atoms with Crippen LogP contribution in [0.1, 0.15) is 36.1 Å². The Bertz CT molecular complexity index is 458. The van der Waals surface area contributed by atoms with Gasteiger partial charge in [0.1, 0.15) is 17.3 Å². The van der Waals surface area contributed by atoms with E-state index in [-0.39, 0.29) is 5.91 Å². The standard InChI is InChI=1S/C14H22N4O2/c1-3-4-5-15-14(19)12-10-13(17-11(2)16-12)18-6-8-20-9-7-18/h10H,3-9H2,1-2H3,(H,15,19). The molecule has 0 bridgehead atoms. The van der Waals surface area contributed by atoms with Gasteiger partial charge in [0.15, 0.2) is 0 Å². The van der Waals surface area contributed by atoms with Crippen LogP contribution in [-0.2, 0) is 4.74 Å². The van der Waals surface area contributed by atoms with Gasteiger partial charge in [-0.25, -0.2) is 9.97 Å². The summed E-state index contributed by atoms with van der Waals surface area (Å²) in [5, 5.41) is 2.88. The molecule has 6 nitrogen and oxygen atoms in total. The third-order valence-electron chi connectivity index (χ3n) is 3.21. The largest absolute Gasteiger partial charge is 0.378 e. The number of aromatic nitrogens is 2. The number of ether oxygens (including phenoxy) is 1. The summed E-state index contributed by atoms with van der Waals surface area (Å²) in [5.41, 5.74) is 0.440. The molecule has 0 atom stereocenters. The number of nitrogens with zero attached hydrogens (tertiary/aromatic N) is 3. The minimum atomic E-state index is -0.126. The van der Waals surface area contributed by atoms with E-state index in [2.05, 4.69) is 27.1 Å². The highest BCUT2D eigenvalue weighted by molar-refractivity contribution is 5.92. The second-order valence-electron chi connectivity index (χ2n) is 4.87. The van der Waals surface area contributed by atoms with E-state index in [0.29, 0.717) is 31.3 Å². The Hall–Kier alpha value is -1.69. The minimum absolute atomic E-state index is 0.126. The Morgan fingerprint density at radius 3 is 2.85 bits per heavy atom. The van der Waals surface area contributed by atoms with Crippen molar-refractivity contribution in [2.45, 2.75) is 26.7 Å². The quantitative estimate of drug-likeness (QED) is 0.818. The van der Waals surface area contributed by atoms with Crippen LogP contribution in [0.15, 0.2) is 6.07 Å². The van der Waals surface area contributed by atoms with Crippen LogP contribution in [0.2, 0.25) is 0 Å². The second kappa shape index (κ2) is 7.19. The first kappa shape index (κ1) is 14.7. The van der Waals surface area contributed by atoms with Crippen LogP contribution in [0, 0.1) is 6.92 Å². The van der Waals surface area contributed by atoms with E-state index in [1.54, 1.807) is 6.07 Å². The highest BCUT2D eigenvalue weighted by atomic mass is 16.5. The number of nitrogens with one attached hydrogen (secondary N) is 1. The van der Waals surface area contributed by atoms with Gasteiger partial charge >= 0.3 is 0 Å². The lowest BCUT2D eigenvalue weighted by molar-refractivity contribution is 0.0947. The van der Waals surface area contributed by atoms with Crippen molar-refractivity contribution in [3.63, 3.8) is 0 Å².